The lowest BCUT2D eigenvalue weighted by Crippen LogP contribution is -2.20. The molecule has 18 heavy (non-hydrogen) atoms. The lowest BCUT2D eigenvalue weighted by molar-refractivity contribution is -0.135. The molecule has 0 spiro atoms. The molecule has 0 fully saturated rings. The molecule has 94 valence electrons. The molecule has 1 N–H and O–H groups in total. The van der Waals surface area contributed by atoms with E-state index in [1.807, 2.05) is 6.07 Å². The van der Waals surface area contributed by atoms with Crippen LogP contribution in [0.3, 0.4) is 0 Å². The van der Waals surface area contributed by atoms with Gasteiger partial charge in [0.05, 0.1) is 25.1 Å². The Morgan fingerprint density at radius 3 is 2.94 bits per heavy atom. The van der Waals surface area contributed by atoms with E-state index in [4.69, 9.17) is 16.7 Å². The number of carboxylic acids is 1. The second kappa shape index (κ2) is 5.18. The maximum absolute atomic E-state index is 11.6. The van der Waals surface area contributed by atoms with E-state index >= 15 is 0 Å². The van der Waals surface area contributed by atoms with Gasteiger partial charge < -0.3 is 5.11 Å². The first-order valence-corrected chi connectivity index (χ1v) is 5.75. The quantitative estimate of drug-likeness (QED) is 0.905. The van der Waals surface area contributed by atoms with Crippen LogP contribution in [-0.2, 0) is 16.1 Å². The summed E-state index contributed by atoms with van der Waals surface area (Å²) < 4.78 is 0. The minimum Gasteiger partial charge on any atom is -0.481 e. The molecule has 0 aromatic heterocycles. The zero-order valence-corrected chi connectivity index (χ0v) is 10.2. The van der Waals surface area contributed by atoms with Crippen LogP contribution in [0.2, 0.25) is 5.02 Å². The van der Waals surface area contributed by atoms with Crippen LogP contribution in [0.5, 0.6) is 0 Å². The summed E-state index contributed by atoms with van der Waals surface area (Å²) in [5.41, 5.74) is 1.24. The van der Waals surface area contributed by atoms with Crippen LogP contribution in [0, 0.1) is 0 Å². The number of carboxylic acid groups (broad SMARTS) is 1. The summed E-state index contributed by atoms with van der Waals surface area (Å²) in [6, 6.07) is 7.12. The molecular formula is C12H11ClN2O3. The first-order chi connectivity index (χ1) is 8.54. The van der Waals surface area contributed by atoms with Gasteiger partial charge in [0.1, 0.15) is 0 Å². The third-order valence-corrected chi connectivity index (χ3v) is 2.72. The highest BCUT2D eigenvalue weighted by molar-refractivity contribution is 6.30. The van der Waals surface area contributed by atoms with Crippen molar-refractivity contribution in [3.63, 3.8) is 0 Å². The highest BCUT2D eigenvalue weighted by atomic mass is 35.5. The minimum absolute atomic E-state index is 0.0763. The number of hydrogen-bond acceptors (Lipinski definition) is 3. The molecule has 0 atom stereocenters. The van der Waals surface area contributed by atoms with Gasteiger partial charge in [-0.15, -0.1) is 0 Å². The normalized spacial score (nSPS) is 14.8. The van der Waals surface area contributed by atoms with E-state index in [0.717, 1.165) is 5.56 Å². The molecule has 2 rings (SSSR count). The first kappa shape index (κ1) is 12.6. The van der Waals surface area contributed by atoms with Gasteiger partial charge in [0.25, 0.3) is 0 Å². The molecule has 0 saturated carbocycles. The van der Waals surface area contributed by atoms with Crippen LogP contribution in [0.15, 0.2) is 29.4 Å². The Morgan fingerprint density at radius 2 is 2.28 bits per heavy atom. The van der Waals surface area contributed by atoms with Crippen molar-refractivity contribution in [2.75, 3.05) is 0 Å². The van der Waals surface area contributed by atoms with Crippen molar-refractivity contribution in [3.05, 3.63) is 34.9 Å². The van der Waals surface area contributed by atoms with E-state index in [9.17, 15) is 9.59 Å². The Morgan fingerprint density at radius 1 is 1.50 bits per heavy atom. The van der Waals surface area contributed by atoms with Gasteiger partial charge in [-0.2, -0.15) is 5.10 Å². The smallest absolute Gasteiger partial charge is 0.309 e. The second-order valence-corrected chi connectivity index (χ2v) is 4.43. The number of amides is 1. The van der Waals surface area contributed by atoms with Gasteiger partial charge >= 0.3 is 5.97 Å². The van der Waals surface area contributed by atoms with E-state index in [1.165, 1.54) is 5.01 Å². The van der Waals surface area contributed by atoms with Crippen molar-refractivity contribution in [2.45, 2.75) is 19.4 Å². The summed E-state index contributed by atoms with van der Waals surface area (Å²) in [5, 5.41) is 14.5. The lowest BCUT2D eigenvalue weighted by Gasteiger charge is -2.11. The maximum Gasteiger partial charge on any atom is 0.309 e. The highest BCUT2D eigenvalue weighted by Crippen LogP contribution is 2.17. The van der Waals surface area contributed by atoms with Crippen LogP contribution >= 0.6 is 11.6 Å². The Kier molecular flexibility index (Phi) is 3.62. The predicted molar refractivity (Wildman–Crippen MR) is 66.3 cm³/mol. The van der Waals surface area contributed by atoms with E-state index < -0.39 is 5.97 Å². The van der Waals surface area contributed by atoms with Crippen molar-refractivity contribution in [1.82, 2.24) is 5.01 Å². The molecule has 1 aliphatic rings. The van der Waals surface area contributed by atoms with Crippen LogP contribution in [0.1, 0.15) is 18.4 Å². The number of halogens is 1. The third kappa shape index (κ3) is 3.07. The van der Waals surface area contributed by atoms with Crippen LogP contribution < -0.4 is 0 Å². The summed E-state index contributed by atoms with van der Waals surface area (Å²) in [4.78, 5) is 22.2. The molecule has 6 heteroatoms. The van der Waals surface area contributed by atoms with Gasteiger partial charge in [0.2, 0.25) is 5.91 Å². The highest BCUT2D eigenvalue weighted by Gasteiger charge is 2.25. The van der Waals surface area contributed by atoms with E-state index in [2.05, 4.69) is 5.10 Å². The summed E-state index contributed by atoms with van der Waals surface area (Å²) in [6.07, 6.45) is -0.120. The van der Waals surface area contributed by atoms with E-state index in [0.29, 0.717) is 17.3 Å². The number of carbonyl (C=O) groups excluding carboxylic acids is 1. The minimum atomic E-state index is -0.980. The standard InChI is InChI=1S/C12H11ClN2O3/c13-9-3-1-2-8(4-9)7-15-11(16)5-10(14-15)6-12(17)18/h1-4H,5-7H2,(H,17,18). The Balaban J connectivity index is 2.07. The van der Waals surface area contributed by atoms with Crippen LogP contribution in [0.4, 0.5) is 0 Å². The van der Waals surface area contributed by atoms with Crippen molar-refractivity contribution < 1.29 is 14.7 Å². The summed E-state index contributed by atoms with van der Waals surface area (Å²) >= 11 is 5.85. The van der Waals surface area contributed by atoms with E-state index in [1.54, 1.807) is 18.2 Å². The number of benzene rings is 1. The molecule has 0 aliphatic carbocycles. The Bertz CT molecular complexity index is 528. The van der Waals surface area contributed by atoms with Gasteiger partial charge in [-0.3, -0.25) is 9.59 Å². The van der Waals surface area contributed by atoms with Gasteiger partial charge in [-0.25, -0.2) is 5.01 Å². The number of aliphatic carboxylic acids is 1. The summed E-state index contributed by atoms with van der Waals surface area (Å²) in [7, 11) is 0. The molecule has 1 heterocycles. The molecule has 1 aromatic rings. The largest absolute Gasteiger partial charge is 0.481 e. The number of hydrogen-bond donors (Lipinski definition) is 1. The fourth-order valence-electron chi connectivity index (χ4n) is 1.73. The predicted octanol–water partition coefficient (Wildman–Crippen LogP) is 1.90. The average Bonchev–Trinajstić information content (AvgIpc) is 2.58. The number of nitrogens with zero attached hydrogens (tertiary/aromatic N) is 2. The second-order valence-electron chi connectivity index (χ2n) is 3.99. The Labute approximate surface area is 109 Å². The molecule has 1 amide bonds. The number of hydrazone groups is 1. The monoisotopic (exact) mass is 266 g/mol. The van der Waals surface area contributed by atoms with Gasteiger partial charge in [0.15, 0.2) is 0 Å². The van der Waals surface area contributed by atoms with Crippen molar-refractivity contribution in [2.24, 2.45) is 5.10 Å². The van der Waals surface area contributed by atoms with Gasteiger partial charge in [-0.1, -0.05) is 23.7 Å². The molecule has 1 aliphatic heterocycles. The zero-order chi connectivity index (χ0) is 13.1. The van der Waals surface area contributed by atoms with Crippen molar-refractivity contribution in [3.8, 4) is 0 Å². The molecule has 5 nitrogen and oxygen atoms in total. The van der Waals surface area contributed by atoms with Gasteiger partial charge in [0, 0.05) is 5.02 Å². The molecule has 0 radical (unpaired) electrons. The van der Waals surface area contributed by atoms with Gasteiger partial charge in [-0.05, 0) is 17.7 Å². The number of rotatable bonds is 4. The molecule has 1 aromatic carbocycles. The maximum atomic E-state index is 11.6. The van der Waals surface area contributed by atoms with E-state index in [-0.39, 0.29) is 18.7 Å². The summed E-state index contributed by atoms with van der Waals surface area (Å²) in [6.45, 7) is 0.308. The molecule has 0 saturated heterocycles. The fraction of sp³-hybridized carbons (Fsp3) is 0.250. The lowest BCUT2D eigenvalue weighted by atomic mass is 10.2. The first-order valence-electron chi connectivity index (χ1n) is 5.37. The number of carbonyl (C=O) groups is 2. The average molecular weight is 267 g/mol. The third-order valence-electron chi connectivity index (χ3n) is 2.48. The van der Waals surface area contributed by atoms with Crippen LogP contribution in [0.25, 0.3) is 0 Å². The molecular weight excluding hydrogens is 256 g/mol. The zero-order valence-electron chi connectivity index (χ0n) is 9.47. The topological polar surface area (TPSA) is 70.0 Å². The van der Waals surface area contributed by atoms with Crippen molar-refractivity contribution in [1.29, 1.82) is 0 Å². The fourth-order valence-corrected chi connectivity index (χ4v) is 1.94. The Hall–Kier alpha value is -1.88. The molecule has 0 bridgehead atoms. The summed E-state index contributed by atoms with van der Waals surface area (Å²) in [5.74, 6) is -1.17. The SMILES string of the molecule is O=C(O)CC1=NN(Cc2cccc(Cl)c2)C(=O)C1. The van der Waals surface area contributed by atoms with Crippen molar-refractivity contribution >= 4 is 29.2 Å². The molecule has 0 unspecified atom stereocenters. The van der Waals surface area contributed by atoms with Crippen LogP contribution in [-0.4, -0.2) is 27.7 Å².